The quantitative estimate of drug-likeness (QED) is 0.403. The first-order valence-electron chi connectivity index (χ1n) is 7.73. The fourth-order valence-corrected chi connectivity index (χ4v) is 3.35. The molecule has 0 aromatic carbocycles. The number of rotatable bonds is 7. The van der Waals surface area contributed by atoms with Crippen LogP contribution < -0.4 is 15.8 Å². The first-order valence-corrected chi connectivity index (χ1v) is 10.1. The van der Waals surface area contributed by atoms with E-state index in [-0.39, 0.29) is 30.8 Å². The first-order chi connectivity index (χ1) is 12.7. The van der Waals surface area contributed by atoms with Crippen LogP contribution in [0.3, 0.4) is 0 Å². The largest absolute Gasteiger partial charge is 0.506 e. The number of halogens is 1. The van der Waals surface area contributed by atoms with Gasteiger partial charge in [0.2, 0.25) is 16.0 Å². The van der Waals surface area contributed by atoms with Crippen LogP contribution in [0.25, 0.3) is 0 Å². The van der Waals surface area contributed by atoms with Gasteiger partial charge in [-0.25, -0.2) is 18.5 Å². The third-order valence-electron chi connectivity index (χ3n) is 3.47. The van der Waals surface area contributed by atoms with Crippen LogP contribution in [0.15, 0.2) is 44.9 Å². The van der Waals surface area contributed by atoms with Crippen LogP contribution in [0, 0.1) is 0 Å². The third-order valence-corrected chi connectivity index (χ3v) is 5.06. The van der Waals surface area contributed by atoms with E-state index in [1.807, 2.05) is 0 Å². The van der Waals surface area contributed by atoms with Gasteiger partial charge in [-0.05, 0) is 22.9 Å². The van der Waals surface area contributed by atoms with Crippen LogP contribution in [0.2, 0.25) is 0 Å². The standard InChI is InChI=1S/C15H20BrN5O5S/c1-8(7-22)19-14-10(16)6-18-15(21-14)20-9-3-4-12(26-2)13(11(23)5-9)27(17,24)25/h3,5-6,8,22-23H,4,7H2,1-2H3,(H2,17,24,25)(H2,18,19,20,21)/t8-/m1/s1. The number of sulfonamides is 1. The molecule has 0 amide bonds. The van der Waals surface area contributed by atoms with Crippen molar-refractivity contribution in [3.05, 3.63) is 44.9 Å². The number of hydrogen-bond acceptors (Lipinski definition) is 9. The summed E-state index contributed by atoms with van der Waals surface area (Å²) in [5.74, 6) is 0.102. The second-order valence-corrected chi connectivity index (χ2v) is 7.99. The van der Waals surface area contributed by atoms with Crippen molar-refractivity contribution in [2.24, 2.45) is 5.14 Å². The lowest BCUT2D eigenvalue weighted by atomic mass is 10.3. The number of aliphatic hydroxyl groups excluding tert-OH is 2. The molecule has 0 saturated carbocycles. The summed E-state index contributed by atoms with van der Waals surface area (Å²) in [7, 11) is -2.89. The Bertz CT molecular complexity index is 913. The van der Waals surface area contributed by atoms with E-state index in [0.29, 0.717) is 16.0 Å². The molecule has 0 aliphatic heterocycles. The number of nitrogens with zero attached hydrogens (tertiary/aromatic N) is 2. The summed E-state index contributed by atoms with van der Waals surface area (Å²) in [6.07, 6.45) is 4.38. The highest BCUT2D eigenvalue weighted by atomic mass is 79.9. The summed E-state index contributed by atoms with van der Waals surface area (Å²) in [6, 6.07) is -0.226. The predicted octanol–water partition coefficient (Wildman–Crippen LogP) is 1.32. The molecule has 2 rings (SSSR count). The third kappa shape index (κ3) is 5.42. The van der Waals surface area contributed by atoms with E-state index in [1.165, 1.54) is 19.4 Å². The van der Waals surface area contributed by atoms with Crippen molar-refractivity contribution in [1.82, 2.24) is 9.97 Å². The lowest BCUT2D eigenvalue weighted by Gasteiger charge is -2.14. The fourth-order valence-electron chi connectivity index (χ4n) is 2.21. The molecular weight excluding hydrogens is 442 g/mol. The Hall–Kier alpha value is -2.15. The molecule has 12 heteroatoms. The van der Waals surface area contributed by atoms with E-state index < -0.39 is 20.7 Å². The Morgan fingerprint density at radius 2 is 2.19 bits per heavy atom. The van der Waals surface area contributed by atoms with E-state index in [9.17, 15) is 13.5 Å². The summed E-state index contributed by atoms with van der Waals surface area (Å²) >= 11 is 3.32. The zero-order chi connectivity index (χ0) is 20.2. The van der Waals surface area contributed by atoms with Crippen molar-refractivity contribution in [2.75, 3.05) is 24.4 Å². The van der Waals surface area contributed by atoms with Gasteiger partial charge in [0.1, 0.15) is 17.3 Å². The maximum Gasteiger partial charge on any atom is 0.245 e. The summed E-state index contributed by atoms with van der Waals surface area (Å²) in [5, 5.41) is 30.4. The van der Waals surface area contributed by atoms with E-state index in [0.717, 1.165) is 0 Å². The highest BCUT2D eigenvalue weighted by Gasteiger charge is 2.25. The van der Waals surface area contributed by atoms with Crippen molar-refractivity contribution < 1.29 is 23.4 Å². The molecule has 0 bridgehead atoms. The number of aliphatic hydroxyl groups is 2. The van der Waals surface area contributed by atoms with Gasteiger partial charge in [-0.3, -0.25) is 0 Å². The number of primary sulfonamides is 1. The van der Waals surface area contributed by atoms with Crippen molar-refractivity contribution in [3.8, 4) is 0 Å². The SMILES string of the molecule is COC1=C(S(N)(=O)=O)C(O)=CC(Nc2ncc(Br)c(N[C@H](C)CO)n2)=CC1. The van der Waals surface area contributed by atoms with Gasteiger partial charge in [-0.1, -0.05) is 6.08 Å². The van der Waals surface area contributed by atoms with Gasteiger partial charge in [0.15, 0.2) is 4.91 Å². The summed E-state index contributed by atoms with van der Waals surface area (Å²) in [6.45, 7) is 1.70. The fraction of sp³-hybridized carbons (Fsp3) is 0.333. The molecule has 148 valence electrons. The average molecular weight is 462 g/mol. The molecule has 10 nitrogen and oxygen atoms in total. The number of nitrogens with one attached hydrogen (secondary N) is 2. The number of ether oxygens (including phenoxy) is 1. The van der Waals surface area contributed by atoms with E-state index >= 15 is 0 Å². The van der Waals surface area contributed by atoms with Crippen LogP contribution in [0.4, 0.5) is 11.8 Å². The minimum Gasteiger partial charge on any atom is -0.506 e. The van der Waals surface area contributed by atoms with Gasteiger partial charge in [0.05, 0.1) is 18.2 Å². The predicted molar refractivity (Wildman–Crippen MR) is 104 cm³/mol. The van der Waals surface area contributed by atoms with Crippen LogP contribution in [-0.4, -0.2) is 48.4 Å². The van der Waals surface area contributed by atoms with Crippen molar-refractivity contribution >= 4 is 37.7 Å². The number of allylic oxidation sites excluding steroid dienone is 2. The topological polar surface area (TPSA) is 160 Å². The number of anilines is 2. The summed E-state index contributed by atoms with van der Waals surface area (Å²) in [5.41, 5.74) is 0.351. The van der Waals surface area contributed by atoms with Gasteiger partial charge in [-0.2, -0.15) is 4.98 Å². The van der Waals surface area contributed by atoms with Gasteiger partial charge in [0.25, 0.3) is 0 Å². The number of aromatic nitrogens is 2. The van der Waals surface area contributed by atoms with E-state index in [2.05, 4.69) is 36.5 Å². The molecule has 1 aromatic heterocycles. The molecule has 0 fully saturated rings. The Morgan fingerprint density at radius 3 is 2.78 bits per heavy atom. The maximum absolute atomic E-state index is 11.7. The summed E-state index contributed by atoms with van der Waals surface area (Å²) < 4.78 is 29.1. The number of methoxy groups -OCH3 is 1. The van der Waals surface area contributed by atoms with Crippen molar-refractivity contribution in [2.45, 2.75) is 19.4 Å². The molecule has 1 heterocycles. The van der Waals surface area contributed by atoms with E-state index in [1.54, 1.807) is 13.0 Å². The Kier molecular flexibility index (Phi) is 6.81. The molecule has 0 spiro atoms. The molecule has 1 aliphatic carbocycles. The zero-order valence-corrected chi connectivity index (χ0v) is 17.0. The Morgan fingerprint density at radius 1 is 1.48 bits per heavy atom. The van der Waals surface area contributed by atoms with Crippen LogP contribution >= 0.6 is 15.9 Å². The van der Waals surface area contributed by atoms with Crippen molar-refractivity contribution in [1.29, 1.82) is 0 Å². The lowest BCUT2D eigenvalue weighted by Crippen LogP contribution is -2.20. The van der Waals surface area contributed by atoms with Gasteiger partial charge in [-0.15, -0.1) is 0 Å². The monoisotopic (exact) mass is 461 g/mol. The lowest BCUT2D eigenvalue weighted by molar-refractivity contribution is 0.279. The van der Waals surface area contributed by atoms with Crippen LogP contribution in [-0.2, 0) is 14.8 Å². The van der Waals surface area contributed by atoms with Crippen LogP contribution in [0.5, 0.6) is 0 Å². The smallest absolute Gasteiger partial charge is 0.245 e. The van der Waals surface area contributed by atoms with E-state index in [4.69, 9.17) is 15.0 Å². The minimum absolute atomic E-state index is 0.0129. The maximum atomic E-state index is 11.7. The Balaban J connectivity index is 2.30. The Labute approximate surface area is 165 Å². The molecule has 1 aliphatic rings. The normalized spacial score (nSPS) is 16.2. The highest BCUT2D eigenvalue weighted by molar-refractivity contribution is 9.10. The molecule has 6 N–H and O–H groups in total. The minimum atomic E-state index is -4.18. The molecule has 1 aromatic rings. The van der Waals surface area contributed by atoms with Crippen LogP contribution in [0.1, 0.15) is 13.3 Å². The number of hydrogen-bond donors (Lipinski definition) is 5. The molecule has 1 atom stereocenters. The number of nitrogens with two attached hydrogens (primary N) is 1. The first kappa shape index (κ1) is 21.2. The highest BCUT2D eigenvalue weighted by Crippen LogP contribution is 2.27. The summed E-state index contributed by atoms with van der Waals surface area (Å²) in [4.78, 5) is 7.93. The van der Waals surface area contributed by atoms with Gasteiger partial charge < -0.3 is 25.6 Å². The van der Waals surface area contributed by atoms with Crippen molar-refractivity contribution in [3.63, 3.8) is 0 Å². The molecule has 0 saturated heterocycles. The second-order valence-electron chi connectivity index (χ2n) is 5.64. The second kappa shape index (κ2) is 8.69. The van der Waals surface area contributed by atoms with Gasteiger partial charge in [0, 0.05) is 30.4 Å². The van der Waals surface area contributed by atoms with Gasteiger partial charge >= 0.3 is 0 Å². The molecule has 0 unspecified atom stereocenters. The zero-order valence-electron chi connectivity index (χ0n) is 14.6. The molecule has 0 radical (unpaired) electrons. The molecule has 27 heavy (non-hydrogen) atoms. The molecular formula is C15H20BrN5O5S. The average Bonchev–Trinajstić information content (AvgIpc) is 2.75.